The molecule has 0 unspecified atom stereocenters. The summed E-state index contributed by atoms with van der Waals surface area (Å²) in [6, 6.07) is 17.8. The second-order valence-electron chi connectivity index (χ2n) is 10.9. The lowest BCUT2D eigenvalue weighted by molar-refractivity contribution is -0.141. The van der Waals surface area contributed by atoms with Crippen molar-refractivity contribution in [2.24, 2.45) is 0 Å². The largest absolute Gasteiger partial charge is 0.464 e. The second-order valence-corrected chi connectivity index (χ2v) is 13.7. The van der Waals surface area contributed by atoms with Crippen LogP contribution in [0.1, 0.15) is 76.0 Å². The van der Waals surface area contributed by atoms with Crippen LogP contribution in [-0.4, -0.2) is 46.8 Å². The molecule has 9 nitrogen and oxygen atoms in total. The molecular formula is C34H43N5O4S2. The van der Waals surface area contributed by atoms with Crippen molar-refractivity contribution < 1.29 is 17.9 Å². The fourth-order valence-electron chi connectivity index (χ4n) is 4.84. The van der Waals surface area contributed by atoms with Crippen LogP contribution in [0, 0.1) is 0 Å². The molecule has 0 aliphatic rings. The van der Waals surface area contributed by atoms with E-state index in [0.29, 0.717) is 18.1 Å². The first-order valence-corrected chi connectivity index (χ1v) is 18.0. The average Bonchev–Trinajstić information content (AvgIpc) is 3.61. The van der Waals surface area contributed by atoms with E-state index in [1.54, 1.807) is 47.9 Å². The molecule has 4 rings (SSSR count). The Morgan fingerprint density at radius 3 is 2.29 bits per heavy atom. The highest BCUT2D eigenvalue weighted by molar-refractivity contribution is 7.89. The first-order valence-electron chi connectivity index (χ1n) is 15.7. The van der Waals surface area contributed by atoms with Crippen LogP contribution in [0.3, 0.4) is 0 Å². The lowest BCUT2D eigenvalue weighted by atomic mass is 10.1. The number of nitrogens with zero attached hydrogens (tertiary/aromatic N) is 4. The zero-order valence-corrected chi connectivity index (χ0v) is 27.6. The highest BCUT2D eigenvalue weighted by Gasteiger charge is 2.26. The summed E-state index contributed by atoms with van der Waals surface area (Å²) in [6.07, 6.45) is 14.1. The summed E-state index contributed by atoms with van der Waals surface area (Å²) in [5.41, 5.74) is 2.32. The molecule has 0 aliphatic carbocycles. The molecule has 0 saturated carbocycles. The molecule has 0 fully saturated rings. The number of sulfonamides is 1. The summed E-state index contributed by atoms with van der Waals surface area (Å²) in [6.45, 7) is 2.77. The van der Waals surface area contributed by atoms with E-state index in [9.17, 15) is 13.2 Å². The molecule has 0 bridgehead atoms. The molecule has 0 amide bonds. The minimum absolute atomic E-state index is 0.0186. The molecule has 45 heavy (non-hydrogen) atoms. The molecule has 0 saturated heterocycles. The molecule has 0 spiro atoms. The number of hydrogen-bond donors (Lipinski definition) is 1. The van der Waals surface area contributed by atoms with Crippen LogP contribution in [0.2, 0.25) is 0 Å². The molecule has 0 aliphatic heterocycles. The smallest absolute Gasteiger partial charge is 0.325 e. The number of nitrogens with one attached hydrogen (secondary N) is 1. The quantitative estimate of drug-likeness (QED) is 0.0775. The normalized spacial score (nSPS) is 11.5. The SMILES string of the molecule is CCCCCCCCCCCOC(=O)CNc1cccc(CN(Cc2ccc(-c3nccs3)cc2)S(=O)(=O)c2ccccn2)n1. The Morgan fingerprint density at radius 1 is 0.844 bits per heavy atom. The number of carbonyl (C=O) groups excluding carboxylic acids is 1. The number of pyridine rings is 2. The summed E-state index contributed by atoms with van der Waals surface area (Å²) in [4.78, 5) is 25.3. The van der Waals surface area contributed by atoms with Crippen LogP contribution in [-0.2, 0) is 32.6 Å². The summed E-state index contributed by atoms with van der Waals surface area (Å²) < 4.78 is 34.1. The monoisotopic (exact) mass is 649 g/mol. The Bertz CT molecular complexity index is 1530. The number of ether oxygens (including phenoxy) is 1. The third kappa shape index (κ3) is 11.3. The first-order chi connectivity index (χ1) is 22.0. The van der Waals surface area contributed by atoms with Crippen LogP contribution in [0.15, 0.2) is 83.5 Å². The minimum atomic E-state index is -3.94. The molecule has 4 aromatic rings. The van der Waals surface area contributed by atoms with Crippen LogP contribution in [0.25, 0.3) is 10.6 Å². The number of thiazole rings is 1. The van der Waals surface area contributed by atoms with Gasteiger partial charge in [-0.2, -0.15) is 4.31 Å². The summed E-state index contributed by atoms with van der Waals surface area (Å²) >= 11 is 1.55. The van der Waals surface area contributed by atoms with Crippen LogP contribution in [0.4, 0.5) is 5.82 Å². The maximum Gasteiger partial charge on any atom is 0.325 e. The van der Waals surface area contributed by atoms with Crippen molar-refractivity contribution in [2.75, 3.05) is 18.5 Å². The molecule has 3 aromatic heterocycles. The molecular weight excluding hydrogens is 607 g/mol. The number of rotatable bonds is 20. The zero-order valence-electron chi connectivity index (χ0n) is 25.9. The molecule has 1 aromatic carbocycles. The minimum Gasteiger partial charge on any atom is -0.464 e. The Labute approximate surface area is 271 Å². The number of unbranched alkanes of at least 4 members (excludes halogenated alkanes) is 8. The number of esters is 1. The Hall–Kier alpha value is -3.67. The topological polar surface area (TPSA) is 114 Å². The number of aromatic nitrogens is 3. The van der Waals surface area contributed by atoms with Crippen molar-refractivity contribution in [3.63, 3.8) is 0 Å². The van der Waals surface area contributed by atoms with E-state index in [0.717, 1.165) is 29.0 Å². The van der Waals surface area contributed by atoms with Crippen molar-refractivity contribution in [3.8, 4) is 10.6 Å². The van der Waals surface area contributed by atoms with Gasteiger partial charge in [0.15, 0.2) is 5.03 Å². The molecule has 0 atom stereocenters. The third-order valence-corrected chi connectivity index (χ3v) is 9.83. The summed E-state index contributed by atoms with van der Waals surface area (Å²) in [5, 5.41) is 5.80. The lowest BCUT2D eigenvalue weighted by Gasteiger charge is -2.22. The third-order valence-electron chi connectivity index (χ3n) is 7.30. The van der Waals surface area contributed by atoms with Crippen LogP contribution >= 0.6 is 11.3 Å². The van der Waals surface area contributed by atoms with Gasteiger partial charge in [-0.3, -0.25) is 4.79 Å². The standard InChI is InChI=1S/C34H43N5O4S2/c1-2-3-4-5-6-7-8-9-12-23-43-33(40)25-37-31-15-13-14-30(38-31)27-39(45(41,42)32-16-10-11-21-35-32)26-28-17-19-29(20-18-28)34-36-22-24-44-34/h10-11,13-22,24H,2-9,12,23,25-27H2,1H3,(H,37,38). The average molecular weight is 650 g/mol. The van der Waals surface area contributed by atoms with Gasteiger partial charge in [-0.05, 0) is 36.2 Å². The van der Waals surface area contributed by atoms with Crippen molar-refractivity contribution in [2.45, 2.75) is 82.8 Å². The summed E-state index contributed by atoms with van der Waals surface area (Å²) in [5.74, 6) is 0.123. The molecule has 11 heteroatoms. The maximum absolute atomic E-state index is 13.7. The number of benzene rings is 1. The van der Waals surface area contributed by atoms with E-state index in [1.165, 1.54) is 61.5 Å². The second kappa shape index (κ2) is 18.3. The van der Waals surface area contributed by atoms with Crippen molar-refractivity contribution in [3.05, 3.63) is 89.7 Å². The fraction of sp³-hybridized carbons (Fsp3) is 0.412. The molecule has 3 heterocycles. The van der Waals surface area contributed by atoms with Crippen LogP contribution < -0.4 is 5.32 Å². The van der Waals surface area contributed by atoms with E-state index in [-0.39, 0.29) is 30.6 Å². The Morgan fingerprint density at radius 2 is 1.60 bits per heavy atom. The number of carbonyl (C=O) groups is 1. The molecule has 240 valence electrons. The zero-order chi connectivity index (χ0) is 31.7. The Balaban J connectivity index is 1.31. The molecule has 1 N–H and O–H groups in total. The fourth-order valence-corrected chi connectivity index (χ4v) is 6.81. The Kier molecular flexibility index (Phi) is 13.9. The summed E-state index contributed by atoms with van der Waals surface area (Å²) in [7, 11) is -3.94. The van der Waals surface area contributed by atoms with Gasteiger partial charge in [0.1, 0.15) is 17.4 Å². The van der Waals surface area contributed by atoms with Gasteiger partial charge in [0, 0.05) is 29.9 Å². The van der Waals surface area contributed by atoms with E-state index in [1.807, 2.05) is 29.6 Å². The van der Waals surface area contributed by atoms with Gasteiger partial charge in [-0.1, -0.05) is 94.7 Å². The lowest BCUT2D eigenvalue weighted by Crippen LogP contribution is -2.31. The predicted octanol–water partition coefficient (Wildman–Crippen LogP) is 7.48. The van der Waals surface area contributed by atoms with Gasteiger partial charge in [-0.15, -0.1) is 11.3 Å². The number of hydrogen-bond acceptors (Lipinski definition) is 9. The van der Waals surface area contributed by atoms with E-state index in [4.69, 9.17) is 4.74 Å². The van der Waals surface area contributed by atoms with Crippen molar-refractivity contribution in [1.29, 1.82) is 0 Å². The van der Waals surface area contributed by atoms with Gasteiger partial charge in [-0.25, -0.2) is 23.4 Å². The van der Waals surface area contributed by atoms with Gasteiger partial charge >= 0.3 is 5.97 Å². The van der Waals surface area contributed by atoms with E-state index in [2.05, 4.69) is 27.2 Å². The highest BCUT2D eigenvalue weighted by atomic mass is 32.2. The van der Waals surface area contributed by atoms with Gasteiger partial charge in [0.2, 0.25) is 0 Å². The van der Waals surface area contributed by atoms with Crippen LogP contribution in [0.5, 0.6) is 0 Å². The first kappa shape index (κ1) is 34.2. The maximum atomic E-state index is 13.7. The van der Waals surface area contributed by atoms with E-state index < -0.39 is 10.0 Å². The van der Waals surface area contributed by atoms with Gasteiger partial charge in [0.25, 0.3) is 10.0 Å². The van der Waals surface area contributed by atoms with Gasteiger partial charge < -0.3 is 10.1 Å². The van der Waals surface area contributed by atoms with Gasteiger partial charge in [0.05, 0.1) is 18.8 Å². The predicted molar refractivity (Wildman–Crippen MR) is 179 cm³/mol. The van der Waals surface area contributed by atoms with E-state index >= 15 is 0 Å². The number of anilines is 1. The highest BCUT2D eigenvalue weighted by Crippen LogP contribution is 2.24. The van der Waals surface area contributed by atoms with Crippen molar-refractivity contribution in [1.82, 2.24) is 19.3 Å². The molecule has 0 radical (unpaired) electrons. The van der Waals surface area contributed by atoms with Crippen molar-refractivity contribution >= 4 is 33.1 Å².